The topological polar surface area (TPSA) is 36.9 Å². The van der Waals surface area contributed by atoms with Gasteiger partial charge in [0.2, 0.25) is 13.6 Å². The Morgan fingerprint density at radius 2 is 0.602 bits per heavy atom. The molecule has 0 bridgehead atoms. The Bertz CT molecular complexity index is 5240. The number of unbranched alkanes of at least 4 members (excludes halogenated alkanes) is 4. The van der Waals surface area contributed by atoms with E-state index in [1.807, 2.05) is 22.7 Å². The number of thiophene rings is 2. The van der Waals surface area contributed by atoms with Crippen LogP contribution in [0.4, 0.5) is 0 Å². The van der Waals surface area contributed by atoms with Crippen LogP contribution in [0.1, 0.15) is 141 Å². The Hall–Kier alpha value is -9.98. The van der Waals surface area contributed by atoms with Crippen LogP contribution < -0.4 is 18.9 Å². The summed E-state index contributed by atoms with van der Waals surface area (Å²) in [5.41, 5.74) is 27.3. The molecule has 0 spiro atoms. The van der Waals surface area contributed by atoms with E-state index in [2.05, 4.69) is 260 Å². The number of aryl methyl sites for hydroxylation is 6. The van der Waals surface area contributed by atoms with Crippen molar-refractivity contribution >= 4 is 76.9 Å². The van der Waals surface area contributed by atoms with Crippen molar-refractivity contribution in [3.05, 3.63) is 262 Å². The van der Waals surface area contributed by atoms with Crippen molar-refractivity contribution in [1.82, 2.24) is 0 Å². The van der Waals surface area contributed by atoms with Crippen LogP contribution in [0.5, 0.6) is 23.0 Å². The molecule has 512 valence electrons. The normalized spacial score (nSPS) is 13.3. The lowest BCUT2D eigenvalue weighted by Crippen LogP contribution is -2.04. The molecule has 0 atom stereocenters. The second-order valence-electron chi connectivity index (χ2n) is 28.9. The molecule has 2 aromatic heterocycles. The van der Waals surface area contributed by atoms with Gasteiger partial charge in [-0.05, 0) is 277 Å². The van der Waals surface area contributed by atoms with Crippen LogP contribution in [0.15, 0.2) is 218 Å². The van der Waals surface area contributed by atoms with Crippen LogP contribution >= 0.6 is 22.7 Å². The van der Waals surface area contributed by atoms with Crippen molar-refractivity contribution in [2.75, 3.05) is 13.6 Å². The summed E-state index contributed by atoms with van der Waals surface area (Å²) in [7, 11) is 0. The minimum absolute atomic E-state index is 0.104. The Kier molecular flexibility index (Phi) is 18.5. The number of hydrogen-bond acceptors (Lipinski definition) is 6. The van der Waals surface area contributed by atoms with E-state index >= 15 is 0 Å². The molecule has 1 aliphatic carbocycles. The lowest BCUT2D eigenvalue weighted by atomic mass is 9.87. The average Bonchev–Trinajstić information content (AvgIpc) is 1.09. The van der Waals surface area contributed by atoms with E-state index in [1.165, 1.54) is 181 Å². The summed E-state index contributed by atoms with van der Waals surface area (Å²) in [4.78, 5) is 5.00. The summed E-state index contributed by atoms with van der Waals surface area (Å²) in [6.07, 6.45) is 17.1. The van der Waals surface area contributed by atoms with Crippen LogP contribution in [0, 0.1) is 13.8 Å². The molecular weight excluding hydrogens is 1290 g/mol. The predicted octanol–water partition coefficient (Wildman–Crippen LogP) is 28.3. The minimum Gasteiger partial charge on any atom is -0.457 e. The van der Waals surface area contributed by atoms with Gasteiger partial charge >= 0.3 is 0 Å². The zero-order chi connectivity index (χ0) is 69.7. The van der Waals surface area contributed by atoms with E-state index in [0.29, 0.717) is 0 Å². The van der Waals surface area contributed by atoms with Gasteiger partial charge in [0.1, 0.15) is 23.0 Å². The molecule has 4 nitrogen and oxygen atoms in total. The Balaban J connectivity index is 0.787. The molecule has 0 amide bonds. The van der Waals surface area contributed by atoms with Crippen LogP contribution in [0.2, 0.25) is 0 Å². The third kappa shape index (κ3) is 12.7. The fraction of sp³-hybridized carbons (Fsp3) is 0.237. The monoisotopic (exact) mass is 1380 g/mol. The second-order valence-corrected chi connectivity index (χ2v) is 31.4. The van der Waals surface area contributed by atoms with Crippen molar-refractivity contribution in [1.29, 1.82) is 0 Å². The highest BCUT2D eigenvalue weighted by Crippen LogP contribution is 2.57. The lowest BCUT2D eigenvalue weighted by Gasteiger charge is -2.18. The van der Waals surface area contributed by atoms with E-state index in [1.54, 1.807) is 0 Å². The van der Waals surface area contributed by atoms with Crippen molar-refractivity contribution in [3.63, 3.8) is 0 Å². The summed E-state index contributed by atoms with van der Waals surface area (Å²) in [6, 6.07) is 83.4. The van der Waals surface area contributed by atoms with Crippen molar-refractivity contribution in [2.24, 2.45) is 0 Å². The van der Waals surface area contributed by atoms with Gasteiger partial charge < -0.3 is 18.9 Å². The van der Waals surface area contributed by atoms with Crippen molar-refractivity contribution in [3.8, 4) is 111 Å². The highest BCUT2D eigenvalue weighted by molar-refractivity contribution is 7.16. The average molecular weight is 1380 g/mol. The predicted molar refractivity (Wildman–Crippen MR) is 439 cm³/mol. The molecule has 0 unspecified atom stereocenters. The molecule has 17 rings (SSSR count). The standard InChI is InChI=1S/C97H88O4S2/c1-7-11-16-62-22-30-66(31-23-62)70-38-44-78-74(50-70)42-48-88-92(78)94-80-46-40-72(68-34-26-64(27-35-68)18-13-9-3)52-76(80)54-86(96(94)100-58-98-88)90-56-84(60(5)102-90)82-20-15-21-83(82)85-57-91(103-61(85)6)87-55-77-53-73(69-36-28-65(29-37-69)19-14-10-4)41-47-81(77)95-93-79-45-39-71(67-32-24-63(25-33-67)17-12-8-2)51-75(79)43-49-89(93)99-59-101-97(87)95/h22-57H,7-21,58-59H2,1-6H3. The van der Waals surface area contributed by atoms with Gasteiger partial charge in [-0.3, -0.25) is 0 Å². The number of ether oxygens (including phenoxy) is 4. The molecule has 0 saturated heterocycles. The Morgan fingerprint density at radius 3 is 0.932 bits per heavy atom. The van der Waals surface area contributed by atoms with E-state index < -0.39 is 0 Å². The van der Waals surface area contributed by atoms with Gasteiger partial charge in [0, 0.05) is 52.9 Å². The zero-order valence-electron chi connectivity index (χ0n) is 60.3. The second kappa shape index (κ2) is 28.7. The summed E-state index contributed by atoms with van der Waals surface area (Å²) in [6.45, 7) is 13.9. The van der Waals surface area contributed by atoms with Gasteiger partial charge in [-0.25, -0.2) is 0 Å². The van der Waals surface area contributed by atoms with Crippen molar-refractivity contribution in [2.45, 2.75) is 138 Å². The summed E-state index contributed by atoms with van der Waals surface area (Å²) in [5.74, 6) is 3.39. The third-order valence-corrected chi connectivity index (χ3v) is 24.3. The van der Waals surface area contributed by atoms with Gasteiger partial charge in [0.15, 0.2) is 0 Å². The van der Waals surface area contributed by atoms with Crippen LogP contribution in [0.3, 0.4) is 0 Å². The van der Waals surface area contributed by atoms with Crippen LogP contribution in [-0.2, 0) is 25.7 Å². The molecule has 103 heavy (non-hydrogen) atoms. The van der Waals surface area contributed by atoms with E-state index in [-0.39, 0.29) is 13.6 Å². The van der Waals surface area contributed by atoms with Crippen LogP contribution in [0.25, 0.3) is 142 Å². The first-order valence-electron chi connectivity index (χ1n) is 37.9. The fourth-order valence-electron chi connectivity index (χ4n) is 16.5. The van der Waals surface area contributed by atoms with Gasteiger partial charge in [-0.1, -0.05) is 211 Å². The Labute approximate surface area is 615 Å². The first-order valence-corrected chi connectivity index (χ1v) is 39.5. The Morgan fingerprint density at radius 1 is 0.291 bits per heavy atom. The smallest absolute Gasteiger partial charge is 0.230 e. The number of hydrogen-bond donors (Lipinski definition) is 0. The first-order chi connectivity index (χ1) is 50.7. The molecule has 2 aliphatic heterocycles. The number of fused-ring (bicyclic) bond motifs is 14. The largest absolute Gasteiger partial charge is 0.457 e. The zero-order valence-corrected chi connectivity index (χ0v) is 61.9. The van der Waals surface area contributed by atoms with E-state index in [0.717, 1.165) is 123 Å². The molecule has 4 heterocycles. The van der Waals surface area contributed by atoms with Gasteiger partial charge in [-0.2, -0.15) is 0 Å². The first kappa shape index (κ1) is 66.3. The molecule has 0 radical (unpaired) electrons. The minimum atomic E-state index is 0.104. The number of benzene rings is 12. The molecule has 3 aliphatic rings. The summed E-state index contributed by atoms with van der Waals surface area (Å²) >= 11 is 3.76. The van der Waals surface area contributed by atoms with Gasteiger partial charge in [0.25, 0.3) is 0 Å². The highest BCUT2D eigenvalue weighted by atomic mass is 32.1. The maximum Gasteiger partial charge on any atom is 0.230 e. The van der Waals surface area contributed by atoms with E-state index in [9.17, 15) is 0 Å². The SMILES string of the molecule is CCCCc1ccc(-c2ccc3c4c(ccc3c2)OCOc2c(-c3cc(C5=C(c6cc(-c7cc8cc(-c9ccc(CCCC)cc9)ccc8c8c7OCOc7ccc9cc(-c%10ccc(CCCC)cc%10)ccc9c7-8)sc6C)CCC5)c(C)s3)cc3cc(-c5ccc(CCCC)cc5)ccc3c2-4)cc1. The van der Waals surface area contributed by atoms with Crippen molar-refractivity contribution < 1.29 is 18.9 Å². The lowest BCUT2D eigenvalue weighted by molar-refractivity contribution is 0.125. The molecule has 6 heteroatoms. The molecule has 14 aromatic rings. The number of allylic oxidation sites excluding steroid dienone is 2. The summed E-state index contributed by atoms with van der Waals surface area (Å²) < 4.78 is 27.5. The number of rotatable bonds is 20. The third-order valence-electron chi connectivity index (χ3n) is 22.1. The molecule has 12 aromatic carbocycles. The quantitative estimate of drug-likeness (QED) is 0.0762. The van der Waals surface area contributed by atoms with E-state index in [4.69, 9.17) is 18.9 Å². The van der Waals surface area contributed by atoms with Crippen LogP contribution in [-0.4, -0.2) is 13.6 Å². The molecule has 0 fully saturated rings. The molecule has 0 N–H and O–H groups in total. The molecule has 0 saturated carbocycles. The molecular formula is C97H88O4S2. The fourth-order valence-corrected chi connectivity index (χ4v) is 18.6. The maximum absolute atomic E-state index is 7.04. The van der Waals surface area contributed by atoms with Gasteiger partial charge in [-0.15, -0.1) is 22.7 Å². The summed E-state index contributed by atoms with van der Waals surface area (Å²) in [5, 5.41) is 9.26. The van der Waals surface area contributed by atoms with Gasteiger partial charge in [0.05, 0.1) is 0 Å². The highest BCUT2D eigenvalue weighted by Gasteiger charge is 2.32. The maximum atomic E-state index is 7.04.